The van der Waals surface area contributed by atoms with E-state index >= 15 is 0 Å². The monoisotopic (exact) mass is 326 g/mol. The van der Waals surface area contributed by atoms with Gasteiger partial charge in [0.05, 0.1) is 0 Å². The molecule has 1 aliphatic rings. The van der Waals surface area contributed by atoms with Gasteiger partial charge in [0.2, 0.25) is 0 Å². The van der Waals surface area contributed by atoms with Crippen molar-refractivity contribution in [3.8, 4) is 5.75 Å². The topological polar surface area (TPSA) is 55.6 Å². The molecule has 0 aliphatic carbocycles. The molecule has 6 heteroatoms. The van der Waals surface area contributed by atoms with Gasteiger partial charge in [-0.25, -0.2) is 0 Å². The van der Waals surface area contributed by atoms with Gasteiger partial charge in [-0.3, -0.25) is 4.79 Å². The molecule has 0 radical (unpaired) electrons. The minimum absolute atomic E-state index is 0.0221. The van der Waals surface area contributed by atoms with Crippen LogP contribution in [0.15, 0.2) is 12.1 Å². The number of amides is 1. The predicted molar refractivity (Wildman–Crippen MR) is 84.9 cm³/mol. The maximum absolute atomic E-state index is 12.8. The van der Waals surface area contributed by atoms with Crippen LogP contribution in [0.4, 0.5) is 8.78 Å². The fraction of sp³-hybridized carbons (Fsp3) is 0.588. The van der Waals surface area contributed by atoms with E-state index in [1.165, 1.54) is 0 Å². The highest BCUT2D eigenvalue weighted by Gasteiger charge is 2.30. The molecule has 0 bridgehead atoms. The van der Waals surface area contributed by atoms with E-state index in [4.69, 9.17) is 5.73 Å². The first-order valence-corrected chi connectivity index (χ1v) is 7.94. The Balaban J connectivity index is 2.28. The summed E-state index contributed by atoms with van der Waals surface area (Å²) in [4.78, 5) is 14.6. The van der Waals surface area contributed by atoms with E-state index in [2.05, 4.69) is 4.74 Å². The first-order chi connectivity index (χ1) is 10.8. The number of benzene rings is 1. The van der Waals surface area contributed by atoms with Crippen LogP contribution < -0.4 is 10.5 Å². The molecule has 1 fully saturated rings. The van der Waals surface area contributed by atoms with E-state index in [-0.39, 0.29) is 23.7 Å². The molecule has 1 amide bonds. The summed E-state index contributed by atoms with van der Waals surface area (Å²) >= 11 is 0. The van der Waals surface area contributed by atoms with Crippen LogP contribution in [-0.2, 0) is 0 Å². The Bertz CT molecular complexity index is 553. The average molecular weight is 326 g/mol. The highest BCUT2D eigenvalue weighted by atomic mass is 19.3. The lowest BCUT2D eigenvalue weighted by atomic mass is 9.95. The van der Waals surface area contributed by atoms with E-state index in [1.54, 1.807) is 26.0 Å². The number of carbonyl (C=O) groups is 1. The molecule has 128 valence electrons. The van der Waals surface area contributed by atoms with Crippen LogP contribution in [0.5, 0.6) is 5.75 Å². The molecule has 0 spiro atoms. The van der Waals surface area contributed by atoms with E-state index in [9.17, 15) is 13.6 Å². The summed E-state index contributed by atoms with van der Waals surface area (Å²) in [5, 5.41) is 0. The lowest BCUT2D eigenvalue weighted by molar-refractivity contribution is -0.0507. The summed E-state index contributed by atoms with van der Waals surface area (Å²) in [6, 6.07) is 3.15. The number of nitrogens with zero attached hydrogens (tertiary/aromatic N) is 1. The second-order valence-corrected chi connectivity index (χ2v) is 6.24. The van der Waals surface area contributed by atoms with E-state index in [0.29, 0.717) is 23.2 Å². The summed E-state index contributed by atoms with van der Waals surface area (Å²) in [7, 11) is 0. The molecule has 2 atom stereocenters. The van der Waals surface area contributed by atoms with Gasteiger partial charge in [0.1, 0.15) is 5.75 Å². The smallest absolute Gasteiger partial charge is 0.387 e. The van der Waals surface area contributed by atoms with Gasteiger partial charge in [0.15, 0.2) is 0 Å². The van der Waals surface area contributed by atoms with Crippen LogP contribution in [0.2, 0.25) is 0 Å². The molecule has 23 heavy (non-hydrogen) atoms. The van der Waals surface area contributed by atoms with Crippen molar-refractivity contribution in [3.05, 3.63) is 28.8 Å². The standard InChI is InChI=1S/C17H24F2N2O2/c1-10-8-13(9-11(2)15(10)23-17(18)19)16(22)21-7-5-4-6-14(21)12(3)20/h8-9,12,14,17H,4-7,20H2,1-3H3. The molecule has 1 aromatic rings. The number of piperidine rings is 1. The van der Waals surface area contributed by atoms with Gasteiger partial charge in [-0.2, -0.15) is 8.78 Å². The van der Waals surface area contributed by atoms with E-state index < -0.39 is 6.61 Å². The second kappa shape index (κ2) is 7.25. The Morgan fingerprint density at radius 3 is 2.43 bits per heavy atom. The number of rotatable bonds is 4. The molecular formula is C17H24F2N2O2. The van der Waals surface area contributed by atoms with Crippen molar-refractivity contribution in [2.24, 2.45) is 5.73 Å². The van der Waals surface area contributed by atoms with Crippen LogP contribution >= 0.6 is 0 Å². The number of likely N-dealkylation sites (tertiary alicyclic amines) is 1. The van der Waals surface area contributed by atoms with Crippen LogP contribution in [0, 0.1) is 13.8 Å². The molecule has 2 rings (SSSR count). The largest absolute Gasteiger partial charge is 0.434 e. The minimum Gasteiger partial charge on any atom is -0.434 e. The third kappa shape index (κ3) is 3.99. The number of hydrogen-bond donors (Lipinski definition) is 1. The highest BCUT2D eigenvalue weighted by Crippen LogP contribution is 2.28. The fourth-order valence-electron chi connectivity index (χ4n) is 3.27. The van der Waals surface area contributed by atoms with Crippen LogP contribution in [0.1, 0.15) is 47.7 Å². The number of carbonyl (C=O) groups excluding carboxylic acids is 1. The van der Waals surface area contributed by atoms with Crippen LogP contribution in [-0.4, -0.2) is 36.0 Å². The summed E-state index contributed by atoms with van der Waals surface area (Å²) in [5.41, 5.74) is 7.57. The summed E-state index contributed by atoms with van der Waals surface area (Å²) < 4.78 is 29.5. The maximum atomic E-state index is 12.8. The van der Waals surface area contributed by atoms with Gasteiger partial charge in [0.25, 0.3) is 5.91 Å². The lowest BCUT2D eigenvalue weighted by Crippen LogP contribution is -2.51. The Morgan fingerprint density at radius 2 is 1.91 bits per heavy atom. The van der Waals surface area contributed by atoms with Gasteiger partial charge in [-0.1, -0.05) is 0 Å². The van der Waals surface area contributed by atoms with E-state index in [0.717, 1.165) is 19.3 Å². The molecule has 1 saturated heterocycles. The van der Waals surface area contributed by atoms with Gasteiger partial charge in [-0.05, 0) is 63.3 Å². The Labute approximate surface area is 135 Å². The molecule has 2 N–H and O–H groups in total. The lowest BCUT2D eigenvalue weighted by Gasteiger charge is -2.38. The van der Waals surface area contributed by atoms with Gasteiger partial charge >= 0.3 is 6.61 Å². The van der Waals surface area contributed by atoms with Crippen molar-refractivity contribution >= 4 is 5.91 Å². The van der Waals surface area contributed by atoms with E-state index in [1.807, 2.05) is 11.8 Å². The summed E-state index contributed by atoms with van der Waals surface area (Å²) in [5.74, 6) is 0.0423. The normalized spacial score (nSPS) is 19.8. The third-order valence-corrected chi connectivity index (χ3v) is 4.33. The Kier molecular flexibility index (Phi) is 5.57. The molecular weight excluding hydrogens is 302 g/mol. The molecule has 0 saturated carbocycles. The summed E-state index contributed by atoms with van der Waals surface area (Å²) in [6.07, 6.45) is 2.92. The average Bonchev–Trinajstić information content (AvgIpc) is 2.49. The first kappa shape index (κ1) is 17.7. The second-order valence-electron chi connectivity index (χ2n) is 6.24. The van der Waals surface area contributed by atoms with Crippen molar-refractivity contribution in [2.75, 3.05) is 6.54 Å². The first-order valence-electron chi connectivity index (χ1n) is 7.94. The molecule has 1 heterocycles. The Morgan fingerprint density at radius 1 is 1.30 bits per heavy atom. The molecule has 1 aliphatic heterocycles. The van der Waals surface area contributed by atoms with Crippen molar-refractivity contribution in [1.29, 1.82) is 0 Å². The highest BCUT2D eigenvalue weighted by molar-refractivity contribution is 5.95. The fourth-order valence-corrected chi connectivity index (χ4v) is 3.27. The zero-order chi connectivity index (χ0) is 17.1. The van der Waals surface area contributed by atoms with Gasteiger partial charge in [0, 0.05) is 24.2 Å². The number of halogens is 2. The number of ether oxygens (including phenoxy) is 1. The zero-order valence-electron chi connectivity index (χ0n) is 13.8. The predicted octanol–water partition coefficient (Wildman–Crippen LogP) is 3.25. The molecule has 0 aromatic heterocycles. The number of aryl methyl sites for hydroxylation is 2. The van der Waals surface area contributed by atoms with Gasteiger partial charge in [-0.15, -0.1) is 0 Å². The Hall–Kier alpha value is -1.69. The molecule has 4 nitrogen and oxygen atoms in total. The maximum Gasteiger partial charge on any atom is 0.387 e. The van der Waals surface area contributed by atoms with Crippen molar-refractivity contribution in [1.82, 2.24) is 4.90 Å². The summed E-state index contributed by atoms with van der Waals surface area (Å²) in [6.45, 7) is 3.05. The minimum atomic E-state index is -2.88. The quantitative estimate of drug-likeness (QED) is 0.924. The third-order valence-electron chi connectivity index (χ3n) is 4.33. The van der Waals surface area contributed by atoms with Crippen molar-refractivity contribution in [3.63, 3.8) is 0 Å². The van der Waals surface area contributed by atoms with Crippen molar-refractivity contribution in [2.45, 2.75) is 58.7 Å². The zero-order valence-corrected chi connectivity index (χ0v) is 13.8. The molecule has 1 aromatic carbocycles. The number of alkyl halides is 2. The SMILES string of the molecule is Cc1cc(C(=O)N2CCCCC2C(C)N)cc(C)c1OC(F)F. The van der Waals surface area contributed by atoms with Gasteiger partial charge < -0.3 is 15.4 Å². The van der Waals surface area contributed by atoms with Crippen LogP contribution in [0.25, 0.3) is 0 Å². The number of hydrogen-bond acceptors (Lipinski definition) is 3. The number of nitrogens with two attached hydrogens (primary N) is 1. The van der Waals surface area contributed by atoms with Crippen LogP contribution in [0.3, 0.4) is 0 Å². The van der Waals surface area contributed by atoms with Crippen molar-refractivity contribution < 1.29 is 18.3 Å². The molecule has 2 unspecified atom stereocenters.